The van der Waals surface area contributed by atoms with Crippen molar-refractivity contribution in [1.29, 1.82) is 0 Å². The number of rotatable bonds is 2. The molecule has 1 aromatic carbocycles. The highest BCUT2D eigenvalue weighted by Gasteiger charge is 2.23. The maximum Gasteiger partial charge on any atom is 0.0959 e. The van der Waals surface area contributed by atoms with E-state index in [1.165, 1.54) is 11.1 Å². The van der Waals surface area contributed by atoms with E-state index in [1.54, 1.807) is 0 Å². The predicted molar refractivity (Wildman–Crippen MR) is 74.7 cm³/mol. The van der Waals surface area contributed by atoms with Crippen LogP contribution in [0, 0.1) is 19.3 Å². The quantitative estimate of drug-likeness (QED) is 0.884. The molecule has 1 N–H and O–H groups in total. The average molecular weight is 246 g/mol. The van der Waals surface area contributed by atoms with Gasteiger partial charge in [-0.15, -0.1) is 0 Å². The fraction of sp³-hybridized carbons (Fsp3) is 0.533. The van der Waals surface area contributed by atoms with E-state index in [4.69, 9.17) is 0 Å². The van der Waals surface area contributed by atoms with Crippen LogP contribution >= 0.6 is 0 Å². The Balaban J connectivity index is 2.38. The number of imidazole rings is 1. The SMILES string of the molecule is Cc1cc2ncn(CC(O)C(C)(C)C)c2cc1C. The largest absolute Gasteiger partial charge is 0.391 e. The Bertz CT molecular complexity index is 564. The van der Waals surface area contributed by atoms with Crippen LogP contribution in [0.25, 0.3) is 11.0 Å². The van der Waals surface area contributed by atoms with Gasteiger partial charge in [0.15, 0.2) is 0 Å². The molecule has 0 bridgehead atoms. The fourth-order valence-electron chi connectivity index (χ4n) is 1.92. The van der Waals surface area contributed by atoms with Crippen LogP contribution in [0.15, 0.2) is 18.5 Å². The summed E-state index contributed by atoms with van der Waals surface area (Å²) in [7, 11) is 0. The van der Waals surface area contributed by atoms with Crippen molar-refractivity contribution in [3.8, 4) is 0 Å². The first-order valence-corrected chi connectivity index (χ1v) is 6.39. The molecule has 1 heterocycles. The summed E-state index contributed by atoms with van der Waals surface area (Å²) < 4.78 is 2.04. The third-order valence-electron chi connectivity index (χ3n) is 3.61. The molecule has 1 unspecified atom stereocenters. The molecule has 0 fully saturated rings. The highest BCUT2D eigenvalue weighted by Crippen LogP contribution is 2.23. The van der Waals surface area contributed by atoms with Crippen molar-refractivity contribution >= 4 is 11.0 Å². The van der Waals surface area contributed by atoms with Crippen molar-refractivity contribution in [3.63, 3.8) is 0 Å². The van der Waals surface area contributed by atoms with Crippen molar-refractivity contribution in [2.24, 2.45) is 5.41 Å². The molecule has 0 saturated heterocycles. The number of nitrogens with zero attached hydrogens (tertiary/aromatic N) is 2. The van der Waals surface area contributed by atoms with Crippen molar-refractivity contribution < 1.29 is 5.11 Å². The first kappa shape index (κ1) is 13.1. The lowest BCUT2D eigenvalue weighted by molar-refractivity contribution is 0.0490. The van der Waals surface area contributed by atoms with Crippen LogP contribution in [0.2, 0.25) is 0 Å². The number of aliphatic hydroxyl groups is 1. The molecule has 0 amide bonds. The molecule has 2 rings (SSSR count). The minimum atomic E-state index is -0.378. The zero-order valence-electron chi connectivity index (χ0n) is 11.9. The van der Waals surface area contributed by atoms with Crippen LogP contribution in [-0.2, 0) is 6.54 Å². The van der Waals surface area contributed by atoms with E-state index in [0.29, 0.717) is 6.54 Å². The lowest BCUT2D eigenvalue weighted by Crippen LogP contribution is -2.30. The molecular weight excluding hydrogens is 224 g/mol. The fourth-order valence-corrected chi connectivity index (χ4v) is 1.92. The Morgan fingerprint density at radius 2 is 1.83 bits per heavy atom. The van der Waals surface area contributed by atoms with E-state index >= 15 is 0 Å². The first-order chi connectivity index (χ1) is 8.29. The Labute approximate surface area is 108 Å². The van der Waals surface area contributed by atoms with Crippen molar-refractivity contribution in [3.05, 3.63) is 29.6 Å². The van der Waals surface area contributed by atoms with Gasteiger partial charge in [0.2, 0.25) is 0 Å². The minimum absolute atomic E-state index is 0.115. The van der Waals surface area contributed by atoms with E-state index in [2.05, 4.69) is 31.0 Å². The molecule has 1 atom stereocenters. The molecule has 0 aliphatic rings. The lowest BCUT2D eigenvalue weighted by atomic mass is 9.89. The summed E-state index contributed by atoms with van der Waals surface area (Å²) in [6, 6.07) is 4.25. The number of benzene rings is 1. The van der Waals surface area contributed by atoms with Crippen LogP contribution in [0.1, 0.15) is 31.9 Å². The first-order valence-electron chi connectivity index (χ1n) is 6.39. The van der Waals surface area contributed by atoms with Crippen molar-refractivity contribution in [1.82, 2.24) is 9.55 Å². The number of aliphatic hydroxyl groups excluding tert-OH is 1. The molecule has 98 valence electrons. The van der Waals surface area contributed by atoms with E-state index in [0.717, 1.165) is 11.0 Å². The Kier molecular flexibility index (Phi) is 3.20. The van der Waals surface area contributed by atoms with Crippen LogP contribution in [0.5, 0.6) is 0 Å². The number of hydrogen-bond donors (Lipinski definition) is 1. The summed E-state index contributed by atoms with van der Waals surface area (Å²) in [5.74, 6) is 0. The van der Waals surface area contributed by atoms with E-state index in [-0.39, 0.29) is 11.5 Å². The second-order valence-electron chi connectivity index (χ2n) is 6.20. The number of aromatic nitrogens is 2. The molecule has 3 heteroatoms. The predicted octanol–water partition coefficient (Wildman–Crippen LogP) is 3.06. The molecule has 18 heavy (non-hydrogen) atoms. The number of fused-ring (bicyclic) bond motifs is 1. The summed E-state index contributed by atoms with van der Waals surface area (Å²) in [4.78, 5) is 4.41. The van der Waals surface area contributed by atoms with Gasteiger partial charge in [-0.25, -0.2) is 4.98 Å². The molecule has 0 radical (unpaired) electrons. The molecule has 0 saturated carbocycles. The van der Waals surface area contributed by atoms with Crippen LogP contribution in [0.3, 0.4) is 0 Å². The van der Waals surface area contributed by atoms with E-state index < -0.39 is 0 Å². The topological polar surface area (TPSA) is 38.0 Å². The van der Waals surface area contributed by atoms with Gasteiger partial charge in [0.1, 0.15) is 0 Å². The van der Waals surface area contributed by atoms with Crippen LogP contribution < -0.4 is 0 Å². The lowest BCUT2D eigenvalue weighted by Gasteiger charge is -2.26. The summed E-state index contributed by atoms with van der Waals surface area (Å²) in [5, 5.41) is 10.2. The van der Waals surface area contributed by atoms with Gasteiger partial charge in [0.05, 0.1) is 30.0 Å². The van der Waals surface area contributed by atoms with Crippen LogP contribution in [-0.4, -0.2) is 20.8 Å². The van der Waals surface area contributed by atoms with Gasteiger partial charge in [-0.3, -0.25) is 0 Å². The Morgan fingerprint density at radius 1 is 1.22 bits per heavy atom. The number of hydrogen-bond acceptors (Lipinski definition) is 2. The van der Waals surface area contributed by atoms with Gasteiger partial charge in [-0.1, -0.05) is 20.8 Å². The third kappa shape index (κ3) is 2.41. The van der Waals surface area contributed by atoms with Crippen molar-refractivity contribution in [2.75, 3.05) is 0 Å². The molecule has 2 aromatic rings. The second kappa shape index (κ2) is 4.39. The molecular formula is C15H22N2O. The van der Waals surface area contributed by atoms with Gasteiger partial charge >= 0.3 is 0 Å². The minimum Gasteiger partial charge on any atom is -0.391 e. The average Bonchev–Trinajstić information content (AvgIpc) is 2.61. The van der Waals surface area contributed by atoms with Gasteiger partial charge in [0.25, 0.3) is 0 Å². The Hall–Kier alpha value is -1.35. The monoisotopic (exact) mass is 246 g/mol. The van der Waals surface area contributed by atoms with Crippen LogP contribution in [0.4, 0.5) is 0 Å². The Morgan fingerprint density at radius 3 is 2.44 bits per heavy atom. The second-order valence-corrected chi connectivity index (χ2v) is 6.20. The van der Waals surface area contributed by atoms with Gasteiger partial charge in [0, 0.05) is 0 Å². The highest BCUT2D eigenvalue weighted by molar-refractivity contribution is 5.77. The molecule has 0 aliphatic heterocycles. The maximum absolute atomic E-state index is 10.2. The number of aryl methyl sites for hydroxylation is 2. The molecule has 0 aliphatic carbocycles. The maximum atomic E-state index is 10.2. The summed E-state index contributed by atoms with van der Waals surface area (Å²) in [6.07, 6.45) is 1.44. The standard InChI is InChI=1S/C15H22N2O/c1-10-6-12-13(7-11(10)2)17(9-16-12)8-14(18)15(3,4)5/h6-7,9,14,18H,8H2,1-5H3. The van der Waals surface area contributed by atoms with Gasteiger partial charge in [-0.2, -0.15) is 0 Å². The highest BCUT2D eigenvalue weighted by atomic mass is 16.3. The third-order valence-corrected chi connectivity index (χ3v) is 3.61. The van der Waals surface area contributed by atoms with Gasteiger partial charge < -0.3 is 9.67 Å². The van der Waals surface area contributed by atoms with E-state index in [9.17, 15) is 5.11 Å². The van der Waals surface area contributed by atoms with Crippen molar-refractivity contribution in [2.45, 2.75) is 47.3 Å². The summed E-state index contributed by atoms with van der Waals surface area (Å²) in [6.45, 7) is 10.9. The molecule has 3 nitrogen and oxygen atoms in total. The molecule has 1 aromatic heterocycles. The van der Waals surface area contributed by atoms with E-state index in [1.807, 2.05) is 31.7 Å². The normalized spacial score (nSPS) is 14.1. The zero-order valence-corrected chi connectivity index (χ0v) is 11.9. The smallest absolute Gasteiger partial charge is 0.0959 e. The summed E-state index contributed by atoms with van der Waals surface area (Å²) in [5.41, 5.74) is 4.50. The zero-order chi connectivity index (χ0) is 13.5. The van der Waals surface area contributed by atoms with Gasteiger partial charge in [-0.05, 0) is 42.5 Å². The molecule has 0 spiro atoms. The summed E-state index contributed by atoms with van der Waals surface area (Å²) >= 11 is 0.